The number of ether oxygens (including phenoxy) is 2. The summed E-state index contributed by atoms with van der Waals surface area (Å²) in [6.07, 6.45) is -0.0386. The number of rotatable bonds is 7. The predicted octanol–water partition coefficient (Wildman–Crippen LogP) is 1.55. The van der Waals surface area contributed by atoms with Gasteiger partial charge in [-0.2, -0.15) is 0 Å². The Balaban J connectivity index is 2.21. The van der Waals surface area contributed by atoms with Crippen molar-refractivity contribution in [3.05, 3.63) is 23.8 Å². The molecule has 1 saturated heterocycles. The molecule has 1 amide bonds. The maximum absolute atomic E-state index is 12.5. The molecule has 0 aromatic heterocycles. The molecule has 1 aliphatic rings. The van der Waals surface area contributed by atoms with E-state index >= 15 is 0 Å². The molecule has 0 aliphatic carbocycles. The summed E-state index contributed by atoms with van der Waals surface area (Å²) in [6.45, 7) is 4.76. The van der Waals surface area contributed by atoms with E-state index in [0.29, 0.717) is 18.0 Å². The van der Waals surface area contributed by atoms with Crippen LogP contribution in [0, 0.1) is 5.41 Å². The molecule has 1 N–H and O–H groups in total. The third-order valence-electron chi connectivity index (χ3n) is 4.57. The maximum Gasteiger partial charge on any atom is 0.224 e. The Morgan fingerprint density at radius 2 is 1.92 bits per heavy atom. The average Bonchev–Trinajstić information content (AvgIpc) is 2.57. The molecule has 0 bridgehead atoms. The van der Waals surface area contributed by atoms with Gasteiger partial charge in [-0.3, -0.25) is 4.79 Å². The molecular formula is C17H26N2O5S. The zero-order chi connectivity index (χ0) is 18.8. The van der Waals surface area contributed by atoms with Crippen molar-refractivity contribution in [1.82, 2.24) is 9.62 Å². The van der Waals surface area contributed by atoms with Crippen LogP contribution in [0.4, 0.5) is 0 Å². The average molecular weight is 370 g/mol. The van der Waals surface area contributed by atoms with Crippen LogP contribution in [0.3, 0.4) is 0 Å². The molecule has 2 rings (SSSR count). The molecule has 7 nitrogen and oxygen atoms in total. The molecule has 0 spiro atoms. The monoisotopic (exact) mass is 370 g/mol. The minimum atomic E-state index is -3.40. The fourth-order valence-corrected chi connectivity index (χ4v) is 3.93. The highest BCUT2D eigenvalue weighted by Crippen LogP contribution is 2.49. The van der Waals surface area contributed by atoms with Crippen molar-refractivity contribution >= 4 is 15.9 Å². The second kappa shape index (κ2) is 7.21. The number of carbonyl (C=O) groups is 1. The summed E-state index contributed by atoms with van der Waals surface area (Å²) in [4.78, 5) is 14.2. The lowest BCUT2D eigenvalue weighted by Crippen LogP contribution is -2.58. The maximum atomic E-state index is 12.5. The topological polar surface area (TPSA) is 84.9 Å². The molecule has 0 saturated carbocycles. The van der Waals surface area contributed by atoms with Crippen LogP contribution in [0.15, 0.2) is 18.2 Å². The second-order valence-electron chi connectivity index (χ2n) is 6.80. The van der Waals surface area contributed by atoms with Crippen molar-refractivity contribution in [2.24, 2.45) is 5.41 Å². The Bertz CT molecular complexity index is 745. The van der Waals surface area contributed by atoms with E-state index in [4.69, 9.17) is 9.47 Å². The highest BCUT2D eigenvalue weighted by molar-refractivity contribution is 7.89. The van der Waals surface area contributed by atoms with Crippen LogP contribution in [0.2, 0.25) is 0 Å². The quantitative estimate of drug-likeness (QED) is 0.787. The third kappa shape index (κ3) is 4.07. The standard InChI is InChI=1S/C17H26N2O5S/c1-17(2)11-19(15(20)8-9-25(21,22)18-3)16(17)12-6-7-13(23-4)14(10-12)24-5/h6-7,10,16,18H,8-9,11H2,1-5H3. The van der Waals surface area contributed by atoms with Gasteiger partial charge in [0, 0.05) is 18.4 Å². The lowest BCUT2D eigenvalue weighted by molar-refractivity contribution is -0.151. The van der Waals surface area contributed by atoms with Crippen molar-refractivity contribution in [3.8, 4) is 11.5 Å². The van der Waals surface area contributed by atoms with E-state index in [1.165, 1.54) is 7.05 Å². The predicted molar refractivity (Wildman–Crippen MR) is 95.2 cm³/mol. The van der Waals surface area contributed by atoms with Crippen LogP contribution < -0.4 is 14.2 Å². The van der Waals surface area contributed by atoms with Crippen LogP contribution in [-0.4, -0.2) is 52.8 Å². The summed E-state index contributed by atoms with van der Waals surface area (Å²) >= 11 is 0. The first-order valence-corrected chi connectivity index (χ1v) is 9.73. The van der Waals surface area contributed by atoms with E-state index in [1.807, 2.05) is 18.2 Å². The number of carbonyl (C=O) groups excluding carboxylic acids is 1. The van der Waals surface area contributed by atoms with Crippen LogP contribution in [0.25, 0.3) is 0 Å². The largest absolute Gasteiger partial charge is 0.493 e. The molecule has 25 heavy (non-hydrogen) atoms. The lowest BCUT2D eigenvalue weighted by Gasteiger charge is -2.54. The smallest absolute Gasteiger partial charge is 0.224 e. The van der Waals surface area contributed by atoms with Crippen LogP contribution in [0.5, 0.6) is 11.5 Å². The zero-order valence-corrected chi connectivity index (χ0v) is 16.1. The van der Waals surface area contributed by atoms with Crippen molar-refractivity contribution in [2.75, 3.05) is 33.6 Å². The SMILES string of the molecule is CNS(=O)(=O)CCC(=O)N1CC(C)(C)C1c1ccc(OC)c(OC)c1. The Morgan fingerprint density at radius 1 is 1.28 bits per heavy atom. The van der Waals surface area contributed by atoms with Gasteiger partial charge in [0.2, 0.25) is 15.9 Å². The molecule has 1 aliphatic heterocycles. The second-order valence-corrected chi connectivity index (χ2v) is 8.85. The minimum absolute atomic E-state index is 0.0386. The molecule has 1 unspecified atom stereocenters. The van der Waals surface area contributed by atoms with E-state index in [1.54, 1.807) is 19.1 Å². The molecule has 1 aromatic rings. The minimum Gasteiger partial charge on any atom is -0.493 e. The number of likely N-dealkylation sites (tertiary alicyclic amines) is 1. The molecule has 1 atom stereocenters. The fraction of sp³-hybridized carbons (Fsp3) is 0.588. The van der Waals surface area contributed by atoms with Gasteiger partial charge in [0.1, 0.15) is 0 Å². The van der Waals surface area contributed by atoms with Gasteiger partial charge in [-0.25, -0.2) is 13.1 Å². The Kier molecular flexibility index (Phi) is 5.63. The molecule has 1 fully saturated rings. The summed E-state index contributed by atoms with van der Waals surface area (Å²) in [5.41, 5.74) is 0.843. The van der Waals surface area contributed by atoms with E-state index in [0.717, 1.165) is 5.56 Å². The van der Waals surface area contributed by atoms with Gasteiger partial charge in [-0.15, -0.1) is 0 Å². The van der Waals surface area contributed by atoms with Crippen LogP contribution in [-0.2, 0) is 14.8 Å². The van der Waals surface area contributed by atoms with Gasteiger partial charge >= 0.3 is 0 Å². The summed E-state index contributed by atoms with van der Waals surface area (Å²) in [5, 5.41) is 0. The summed E-state index contributed by atoms with van der Waals surface area (Å²) in [7, 11) is 1.09. The number of methoxy groups -OCH3 is 2. The van der Waals surface area contributed by atoms with Gasteiger partial charge in [0.25, 0.3) is 0 Å². The van der Waals surface area contributed by atoms with Crippen molar-refractivity contribution in [2.45, 2.75) is 26.3 Å². The number of amides is 1. The van der Waals surface area contributed by atoms with E-state index in [-0.39, 0.29) is 29.5 Å². The van der Waals surface area contributed by atoms with Gasteiger partial charge < -0.3 is 14.4 Å². The van der Waals surface area contributed by atoms with Crippen LogP contribution in [0.1, 0.15) is 31.9 Å². The van der Waals surface area contributed by atoms with Gasteiger partial charge in [-0.05, 0) is 24.7 Å². The van der Waals surface area contributed by atoms with E-state index < -0.39 is 10.0 Å². The fourth-order valence-electron chi connectivity index (χ4n) is 3.28. The van der Waals surface area contributed by atoms with Crippen molar-refractivity contribution in [3.63, 3.8) is 0 Å². The summed E-state index contributed by atoms with van der Waals surface area (Å²) in [5.74, 6) is 0.852. The lowest BCUT2D eigenvalue weighted by atomic mass is 9.71. The van der Waals surface area contributed by atoms with Gasteiger partial charge in [0.05, 0.1) is 26.0 Å². The number of benzene rings is 1. The van der Waals surface area contributed by atoms with Gasteiger partial charge in [0.15, 0.2) is 11.5 Å². The number of hydrogen-bond acceptors (Lipinski definition) is 5. The zero-order valence-electron chi connectivity index (χ0n) is 15.3. The first kappa shape index (κ1) is 19.5. The number of nitrogens with one attached hydrogen (secondary N) is 1. The number of hydrogen-bond donors (Lipinski definition) is 1. The summed E-state index contributed by atoms with van der Waals surface area (Å²) < 4.78 is 35.9. The Labute approximate surface area is 149 Å². The number of sulfonamides is 1. The third-order valence-corrected chi connectivity index (χ3v) is 5.93. The molecular weight excluding hydrogens is 344 g/mol. The van der Waals surface area contributed by atoms with E-state index in [2.05, 4.69) is 18.6 Å². The number of nitrogens with zero attached hydrogens (tertiary/aromatic N) is 1. The first-order valence-electron chi connectivity index (χ1n) is 8.08. The Morgan fingerprint density at radius 3 is 2.44 bits per heavy atom. The van der Waals surface area contributed by atoms with Crippen molar-refractivity contribution in [1.29, 1.82) is 0 Å². The van der Waals surface area contributed by atoms with Crippen molar-refractivity contribution < 1.29 is 22.7 Å². The highest BCUT2D eigenvalue weighted by Gasteiger charge is 2.48. The molecule has 140 valence electrons. The highest BCUT2D eigenvalue weighted by atomic mass is 32.2. The molecule has 1 heterocycles. The molecule has 1 aromatic carbocycles. The first-order chi connectivity index (χ1) is 11.6. The van der Waals surface area contributed by atoms with Crippen LogP contribution >= 0.6 is 0 Å². The van der Waals surface area contributed by atoms with E-state index in [9.17, 15) is 13.2 Å². The molecule has 8 heteroatoms. The Hall–Kier alpha value is -1.80. The van der Waals surface area contributed by atoms with Gasteiger partial charge in [-0.1, -0.05) is 19.9 Å². The summed E-state index contributed by atoms with van der Waals surface area (Å²) in [6, 6.07) is 5.47. The molecule has 0 radical (unpaired) electrons. The normalized spacial score (nSPS) is 19.2.